The molecule has 0 radical (unpaired) electrons. The van der Waals surface area contributed by atoms with Gasteiger partial charge in [-0.3, -0.25) is 14.9 Å². The van der Waals surface area contributed by atoms with E-state index in [0.29, 0.717) is 30.5 Å². The van der Waals surface area contributed by atoms with Gasteiger partial charge in [-0.1, -0.05) is 0 Å². The van der Waals surface area contributed by atoms with Crippen molar-refractivity contribution in [2.45, 2.75) is 18.9 Å². The number of carbonyl (C=O) groups excluding carboxylic acids is 1. The van der Waals surface area contributed by atoms with E-state index in [1.54, 1.807) is 32.6 Å². The van der Waals surface area contributed by atoms with Crippen molar-refractivity contribution < 1.29 is 14.3 Å². The highest BCUT2D eigenvalue weighted by Crippen LogP contribution is 2.33. The molecule has 0 bridgehead atoms. The highest BCUT2D eigenvalue weighted by atomic mass is 16.5. The third-order valence-electron chi connectivity index (χ3n) is 4.55. The molecule has 8 heteroatoms. The number of hydrogen-bond acceptors (Lipinski definition) is 6. The Morgan fingerprint density at radius 2 is 2.00 bits per heavy atom. The van der Waals surface area contributed by atoms with E-state index < -0.39 is 0 Å². The Morgan fingerprint density at radius 1 is 1.22 bits per heavy atom. The summed E-state index contributed by atoms with van der Waals surface area (Å²) < 4.78 is 11.6. The van der Waals surface area contributed by atoms with Crippen LogP contribution >= 0.6 is 0 Å². The smallest absolute Gasteiger partial charge is 0.271 e. The van der Waals surface area contributed by atoms with Gasteiger partial charge in [-0.05, 0) is 18.2 Å². The van der Waals surface area contributed by atoms with Crippen molar-refractivity contribution in [3.8, 4) is 17.1 Å². The number of fused-ring (bicyclic) bond motifs is 1. The van der Waals surface area contributed by atoms with Gasteiger partial charge < -0.3 is 14.4 Å². The fourth-order valence-electron chi connectivity index (χ4n) is 3.11. The van der Waals surface area contributed by atoms with E-state index in [4.69, 9.17) is 9.47 Å². The molecule has 27 heavy (non-hydrogen) atoms. The summed E-state index contributed by atoms with van der Waals surface area (Å²) >= 11 is 0. The molecule has 1 saturated heterocycles. The van der Waals surface area contributed by atoms with Gasteiger partial charge in [0.1, 0.15) is 17.5 Å². The zero-order valence-electron chi connectivity index (χ0n) is 15.3. The number of aromatic amines is 1. The minimum Gasteiger partial charge on any atom is -0.474 e. The number of aromatic nitrogens is 4. The zero-order chi connectivity index (χ0) is 18.8. The molecular weight excluding hydrogens is 346 g/mol. The van der Waals surface area contributed by atoms with Crippen LogP contribution in [0.1, 0.15) is 23.3 Å². The lowest BCUT2D eigenvalue weighted by atomic mass is 10.1. The summed E-state index contributed by atoms with van der Waals surface area (Å²) in [5.74, 6) is 0.383. The summed E-state index contributed by atoms with van der Waals surface area (Å²) in [6.45, 7) is 1.39. The van der Waals surface area contributed by atoms with Gasteiger partial charge in [-0.2, -0.15) is 5.10 Å². The normalized spacial score (nSPS) is 15.0. The monoisotopic (exact) mass is 367 g/mol. The highest BCUT2D eigenvalue weighted by molar-refractivity contribution is 5.98. The maximum atomic E-state index is 12.2. The Labute approximate surface area is 156 Å². The number of pyridine rings is 2. The molecule has 4 rings (SSSR count). The summed E-state index contributed by atoms with van der Waals surface area (Å²) in [6, 6.07) is 5.42. The van der Waals surface area contributed by atoms with Crippen LogP contribution in [0.15, 0.2) is 30.6 Å². The van der Waals surface area contributed by atoms with E-state index in [-0.39, 0.29) is 12.0 Å². The van der Waals surface area contributed by atoms with Crippen LogP contribution < -0.4 is 4.74 Å². The predicted octanol–water partition coefficient (Wildman–Crippen LogP) is 2.28. The minimum atomic E-state index is -0.159. The lowest BCUT2D eigenvalue weighted by Crippen LogP contribution is -2.26. The summed E-state index contributed by atoms with van der Waals surface area (Å²) in [5.41, 5.74) is 2.67. The Morgan fingerprint density at radius 3 is 2.78 bits per heavy atom. The number of hydrogen-bond donors (Lipinski definition) is 1. The second-order valence-electron chi connectivity index (χ2n) is 6.67. The minimum absolute atomic E-state index is 0.0721. The highest BCUT2D eigenvalue weighted by Gasteiger charge is 2.21. The molecule has 1 fully saturated rings. The first kappa shape index (κ1) is 17.4. The average molecular weight is 367 g/mol. The number of carbonyl (C=O) groups is 1. The number of H-pyrrole nitrogens is 1. The standard InChI is InChI=1S/C19H21N5O3/c1-24(2)19(25)15-11-12(3-7-20-15)17-16-14(22-23-17)4-8-21-18(16)27-13-5-9-26-10-6-13/h3-4,7-8,11,13H,5-6,9-10H2,1-2H3,(H,22,23). The molecule has 0 unspecified atom stereocenters. The number of nitrogens with one attached hydrogen (secondary N) is 1. The number of nitrogens with zero attached hydrogens (tertiary/aromatic N) is 4. The summed E-state index contributed by atoms with van der Waals surface area (Å²) in [6.07, 6.45) is 5.06. The van der Waals surface area contributed by atoms with Crippen LogP contribution in [0.25, 0.3) is 22.2 Å². The first-order chi connectivity index (χ1) is 13.1. The van der Waals surface area contributed by atoms with Crippen molar-refractivity contribution in [1.82, 2.24) is 25.1 Å². The summed E-state index contributed by atoms with van der Waals surface area (Å²) in [7, 11) is 3.40. The second kappa shape index (κ2) is 7.32. The van der Waals surface area contributed by atoms with Gasteiger partial charge in [0, 0.05) is 44.9 Å². The average Bonchev–Trinajstić information content (AvgIpc) is 3.13. The largest absolute Gasteiger partial charge is 0.474 e. The van der Waals surface area contributed by atoms with E-state index >= 15 is 0 Å². The molecule has 3 aromatic rings. The number of rotatable bonds is 4. The van der Waals surface area contributed by atoms with Crippen LogP contribution in [0, 0.1) is 0 Å². The molecule has 4 heterocycles. The third kappa shape index (κ3) is 3.48. The summed E-state index contributed by atoms with van der Waals surface area (Å²) in [4.78, 5) is 22.3. The third-order valence-corrected chi connectivity index (χ3v) is 4.55. The first-order valence-corrected chi connectivity index (χ1v) is 8.89. The van der Waals surface area contributed by atoms with Gasteiger partial charge >= 0.3 is 0 Å². The SMILES string of the molecule is CN(C)C(=O)c1cc(-c2n[nH]c3ccnc(OC4CCOCC4)c23)ccn1. The molecular formula is C19H21N5O3. The van der Waals surface area contributed by atoms with Crippen molar-refractivity contribution in [3.63, 3.8) is 0 Å². The van der Waals surface area contributed by atoms with E-state index in [1.807, 2.05) is 12.1 Å². The molecule has 0 atom stereocenters. The van der Waals surface area contributed by atoms with Crippen LogP contribution in [0.2, 0.25) is 0 Å². The van der Waals surface area contributed by atoms with Crippen molar-refractivity contribution in [2.75, 3.05) is 27.3 Å². The molecule has 1 aliphatic heterocycles. The maximum Gasteiger partial charge on any atom is 0.271 e. The molecule has 8 nitrogen and oxygen atoms in total. The van der Waals surface area contributed by atoms with E-state index in [0.717, 1.165) is 29.3 Å². The Bertz CT molecular complexity index is 963. The lowest BCUT2D eigenvalue weighted by molar-refractivity contribution is 0.0244. The molecule has 0 saturated carbocycles. The molecule has 3 aromatic heterocycles. The van der Waals surface area contributed by atoms with Crippen molar-refractivity contribution in [2.24, 2.45) is 0 Å². The number of amides is 1. The maximum absolute atomic E-state index is 12.2. The van der Waals surface area contributed by atoms with Crippen molar-refractivity contribution >= 4 is 16.8 Å². The van der Waals surface area contributed by atoms with Gasteiger partial charge in [-0.15, -0.1) is 0 Å². The summed E-state index contributed by atoms with van der Waals surface area (Å²) in [5, 5.41) is 8.27. The molecule has 1 amide bonds. The zero-order valence-corrected chi connectivity index (χ0v) is 15.3. The fraction of sp³-hybridized carbons (Fsp3) is 0.368. The van der Waals surface area contributed by atoms with Gasteiger partial charge in [0.15, 0.2) is 0 Å². The van der Waals surface area contributed by atoms with Gasteiger partial charge in [0.05, 0.1) is 24.1 Å². The molecule has 0 aromatic carbocycles. The van der Waals surface area contributed by atoms with Crippen molar-refractivity contribution in [3.05, 3.63) is 36.3 Å². The number of ether oxygens (including phenoxy) is 2. The Balaban J connectivity index is 1.74. The topological polar surface area (TPSA) is 93.2 Å². The fourth-order valence-corrected chi connectivity index (χ4v) is 3.11. The van der Waals surface area contributed by atoms with E-state index in [9.17, 15) is 4.79 Å². The van der Waals surface area contributed by atoms with Crippen LogP contribution in [0.5, 0.6) is 5.88 Å². The van der Waals surface area contributed by atoms with Gasteiger partial charge in [0.2, 0.25) is 5.88 Å². The first-order valence-electron chi connectivity index (χ1n) is 8.89. The van der Waals surface area contributed by atoms with E-state index in [1.165, 1.54) is 4.90 Å². The quantitative estimate of drug-likeness (QED) is 0.760. The van der Waals surface area contributed by atoms with Crippen molar-refractivity contribution in [1.29, 1.82) is 0 Å². The molecule has 1 aliphatic rings. The second-order valence-corrected chi connectivity index (χ2v) is 6.67. The van der Waals surface area contributed by atoms with E-state index in [2.05, 4.69) is 20.2 Å². The van der Waals surface area contributed by atoms with Gasteiger partial charge in [0.25, 0.3) is 5.91 Å². The molecule has 0 aliphatic carbocycles. The molecule has 0 spiro atoms. The molecule has 1 N–H and O–H groups in total. The molecule has 140 valence electrons. The Kier molecular flexibility index (Phi) is 4.72. The Hall–Kier alpha value is -3.00. The van der Waals surface area contributed by atoms with Crippen LogP contribution in [0.4, 0.5) is 0 Å². The lowest BCUT2D eigenvalue weighted by Gasteiger charge is -2.23. The van der Waals surface area contributed by atoms with Crippen LogP contribution in [-0.4, -0.2) is 64.4 Å². The van der Waals surface area contributed by atoms with Gasteiger partial charge in [-0.25, -0.2) is 4.98 Å². The van der Waals surface area contributed by atoms with Crippen LogP contribution in [-0.2, 0) is 4.74 Å². The van der Waals surface area contributed by atoms with Crippen LogP contribution in [0.3, 0.4) is 0 Å². The predicted molar refractivity (Wildman–Crippen MR) is 99.6 cm³/mol.